The van der Waals surface area contributed by atoms with Crippen LogP contribution in [0.15, 0.2) is 66.8 Å². The highest BCUT2D eigenvalue weighted by Gasteiger charge is 1.84. The Kier molecular flexibility index (Phi) is 4.49. The van der Waals surface area contributed by atoms with Crippen LogP contribution in [0.5, 0.6) is 0 Å². The molecule has 1 aromatic carbocycles. The van der Waals surface area contributed by atoms with Gasteiger partial charge in [-0.25, -0.2) is 0 Å². The van der Waals surface area contributed by atoms with E-state index < -0.39 is 0 Å². The van der Waals surface area contributed by atoms with Gasteiger partial charge in [0, 0.05) is 0 Å². The summed E-state index contributed by atoms with van der Waals surface area (Å²) in [5, 5.41) is 0. The molecular formula is C14H16. The minimum Gasteiger partial charge on any atom is -0.0988 e. The predicted molar refractivity (Wildman–Crippen MR) is 63.2 cm³/mol. The first-order chi connectivity index (χ1) is 6.83. The summed E-state index contributed by atoms with van der Waals surface area (Å²) >= 11 is 0. The van der Waals surface area contributed by atoms with Gasteiger partial charge in [0.2, 0.25) is 0 Å². The van der Waals surface area contributed by atoms with Crippen LogP contribution in [0.1, 0.15) is 12.5 Å². The third-order valence-corrected chi connectivity index (χ3v) is 2.01. The molecule has 0 bridgehead atoms. The van der Waals surface area contributed by atoms with Gasteiger partial charge in [-0.15, -0.1) is 0 Å². The van der Waals surface area contributed by atoms with Crippen LogP contribution >= 0.6 is 0 Å². The number of hydrogen-bond acceptors (Lipinski definition) is 0. The molecule has 0 aliphatic rings. The Morgan fingerprint density at radius 1 is 1.29 bits per heavy atom. The minimum absolute atomic E-state index is 0.988. The van der Waals surface area contributed by atoms with Gasteiger partial charge in [-0.05, 0) is 18.9 Å². The lowest BCUT2D eigenvalue weighted by atomic mass is 10.1. The molecule has 1 aromatic rings. The van der Waals surface area contributed by atoms with Crippen LogP contribution < -0.4 is 0 Å². The van der Waals surface area contributed by atoms with Crippen LogP contribution in [0.2, 0.25) is 0 Å². The van der Waals surface area contributed by atoms with Gasteiger partial charge in [-0.1, -0.05) is 66.8 Å². The van der Waals surface area contributed by atoms with Gasteiger partial charge >= 0.3 is 0 Å². The van der Waals surface area contributed by atoms with Crippen molar-refractivity contribution in [2.24, 2.45) is 0 Å². The molecule has 1 rings (SSSR count). The second kappa shape index (κ2) is 5.98. The fraction of sp³-hybridized carbons (Fsp3) is 0.143. The van der Waals surface area contributed by atoms with E-state index in [0.29, 0.717) is 0 Å². The molecule has 0 saturated heterocycles. The number of hydrogen-bond donors (Lipinski definition) is 0. The monoisotopic (exact) mass is 184 g/mol. The van der Waals surface area contributed by atoms with Gasteiger partial charge in [0.25, 0.3) is 0 Å². The Morgan fingerprint density at radius 2 is 2.00 bits per heavy atom. The van der Waals surface area contributed by atoms with Crippen LogP contribution in [-0.2, 0) is 6.42 Å². The molecule has 0 atom stereocenters. The summed E-state index contributed by atoms with van der Waals surface area (Å²) < 4.78 is 0. The lowest BCUT2D eigenvalue weighted by Gasteiger charge is -1.93. The van der Waals surface area contributed by atoms with Crippen molar-refractivity contribution in [3.8, 4) is 0 Å². The summed E-state index contributed by atoms with van der Waals surface area (Å²) in [5.41, 5.74) is 2.53. The van der Waals surface area contributed by atoms with Crippen LogP contribution in [0.4, 0.5) is 0 Å². The Bertz CT molecular complexity index is 328. The highest BCUT2D eigenvalue weighted by atomic mass is 13.9. The van der Waals surface area contributed by atoms with E-state index in [1.54, 1.807) is 0 Å². The molecule has 0 N–H and O–H groups in total. The van der Waals surface area contributed by atoms with Crippen molar-refractivity contribution < 1.29 is 0 Å². The molecule has 0 heteroatoms. The Morgan fingerprint density at radius 3 is 2.64 bits per heavy atom. The summed E-state index contributed by atoms with van der Waals surface area (Å²) in [5.74, 6) is 0. The normalized spacial score (nSPS) is 11.9. The predicted octanol–water partition coefficient (Wildman–Crippen LogP) is 3.92. The van der Waals surface area contributed by atoms with Gasteiger partial charge in [0.1, 0.15) is 0 Å². The summed E-state index contributed by atoms with van der Waals surface area (Å²) in [6.07, 6.45) is 9.14. The molecule has 0 aliphatic carbocycles. The van der Waals surface area contributed by atoms with E-state index in [1.165, 1.54) is 11.1 Å². The second-order valence-electron chi connectivity index (χ2n) is 3.23. The molecule has 0 fully saturated rings. The number of benzene rings is 1. The molecule has 0 spiro atoms. The smallest absolute Gasteiger partial charge is 0.00943 e. The number of rotatable bonds is 4. The van der Waals surface area contributed by atoms with E-state index in [-0.39, 0.29) is 0 Å². The van der Waals surface area contributed by atoms with Crippen LogP contribution in [0.3, 0.4) is 0 Å². The molecule has 72 valence electrons. The zero-order chi connectivity index (χ0) is 10.2. The van der Waals surface area contributed by atoms with E-state index in [2.05, 4.69) is 49.1 Å². The van der Waals surface area contributed by atoms with Crippen molar-refractivity contribution in [1.82, 2.24) is 0 Å². The lowest BCUT2D eigenvalue weighted by molar-refractivity contribution is 1.27. The third-order valence-electron chi connectivity index (χ3n) is 2.01. The summed E-state index contributed by atoms with van der Waals surface area (Å²) in [6.45, 7) is 5.74. The second-order valence-corrected chi connectivity index (χ2v) is 3.23. The molecule has 0 nitrogen and oxygen atoms in total. The molecule has 0 saturated carbocycles. The number of allylic oxidation sites excluding steroid dienone is 5. The quantitative estimate of drug-likeness (QED) is 0.622. The first-order valence-corrected chi connectivity index (χ1v) is 4.82. The van der Waals surface area contributed by atoms with Crippen molar-refractivity contribution in [3.63, 3.8) is 0 Å². The van der Waals surface area contributed by atoms with Gasteiger partial charge in [-0.3, -0.25) is 0 Å². The first kappa shape index (κ1) is 10.5. The third kappa shape index (κ3) is 3.90. The van der Waals surface area contributed by atoms with Crippen LogP contribution in [0, 0.1) is 0 Å². The summed E-state index contributed by atoms with van der Waals surface area (Å²) in [6, 6.07) is 10.4. The van der Waals surface area contributed by atoms with Gasteiger partial charge < -0.3 is 0 Å². The molecule has 0 amide bonds. The van der Waals surface area contributed by atoms with Gasteiger partial charge in [0.15, 0.2) is 0 Å². The highest BCUT2D eigenvalue weighted by molar-refractivity contribution is 5.22. The maximum absolute atomic E-state index is 3.70. The lowest BCUT2D eigenvalue weighted by Crippen LogP contribution is -1.77. The van der Waals surface area contributed by atoms with E-state index >= 15 is 0 Å². The first-order valence-electron chi connectivity index (χ1n) is 4.82. The fourth-order valence-corrected chi connectivity index (χ4v) is 1.11. The molecular weight excluding hydrogens is 168 g/mol. The Labute approximate surface area is 86.3 Å². The summed E-state index contributed by atoms with van der Waals surface area (Å²) in [4.78, 5) is 0. The molecule has 0 radical (unpaired) electrons. The topological polar surface area (TPSA) is 0 Å². The van der Waals surface area contributed by atoms with Gasteiger partial charge in [0.05, 0.1) is 0 Å². The molecule has 14 heavy (non-hydrogen) atoms. The van der Waals surface area contributed by atoms with Crippen molar-refractivity contribution in [1.29, 1.82) is 0 Å². The van der Waals surface area contributed by atoms with Crippen LogP contribution in [-0.4, -0.2) is 0 Å². The van der Waals surface area contributed by atoms with Crippen LogP contribution in [0.25, 0.3) is 0 Å². The average Bonchev–Trinajstić information content (AvgIpc) is 2.25. The SMILES string of the molecule is C=C/C(C)=C\C=C/Cc1ccccc1. The van der Waals surface area contributed by atoms with Crippen molar-refractivity contribution in [3.05, 3.63) is 72.4 Å². The zero-order valence-corrected chi connectivity index (χ0v) is 8.61. The Hall–Kier alpha value is -1.56. The summed E-state index contributed by atoms with van der Waals surface area (Å²) in [7, 11) is 0. The molecule has 0 unspecified atom stereocenters. The highest BCUT2D eigenvalue weighted by Crippen LogP contribution is 2.00. The zero-order valence-electron chi connectivity index (χ0n) is 8.61. The standard InChI is InChI=1S/C14H16/c1-3-13(2)9-7-8-12-14-10-5-4-6-11-14/h3-11H,1,12H2,2H3/b8-7-,13-9-. The maximum Gasteiger partial charge on any atom is -0.00943 e. The van der Waals surface area contributed by atoms with E-state index in [9.17, 15) is 0 Å². The molecule has 0 heterocycles. The van der Waals surface area contributed by atoms with E-state index in [4.69, 9.17) is 0 Å². The largest absolute Gasteiger partial charge is 0.0988 e. The maximum atomic E-state index is 3.70. The average molecular weight is 184 g/mol. The minimum atomic E-state index is 0.988. The van der Waals surface area contributed by atoms with Crippen molar-refractivity contribution in [2.75, 3.05) is 0 Å². The molecule has 0 aliphatic heterocycles. The Balaban J connectivity index is 2.45. The van der Waals surface area contributed by atoms with Crippen molar-refractivity contribution in [2.45, 2.75) is 13.3 Å². The van der Waals surface area contributed by atoms with E-state index in [0.717, 1.165) is 6.42 Å². The van der Waals surface area contributed by atoms with Crippen molar-refractivity contribution >= 4 is 0 Å². The molecule has 0 aromatic heterocycles. The fourth-order valence-electron chi connectivity index (χ4n) is 1.11. The van der Waals surface area contributed by atoms with Gasteiger partial charge in [-0.2, -0.15) is 0 Å². The van der Waals surface area contributed by atoms with E-state index in [1.807, 2.05) is 19.1 Å².